The summed E-state index contributed by atoms with van der Waals surface area (Å²) < 4.78 is 13.2. The molecule has 3 atom stereocenters. The molecule has 3 N–H and O–H groups in total. The Morgan fingerprint density at radius 1 is 0.865 bits per heavy atom. The Kier molecular flexibility index (Phi) is 10.7. The van der Waals surface area contributed by atoms with Crippen molar-refractivity contribution in [2.45, 2.75) is 45.1 Å². The van der Waals surface area contributed by atoms with Crippen LogP contribution in [0.4, 0.5) is 0 Å². The zero-order valence-corrected chi connectivity index (χ0v) is 22.1. The van der Waals surface area contributed by atoms with Crippen LogP contribution in [-0.4, -0.2) is 40.2 Å². The Balaban J connectivity index is 1.76. The molecule has 0 heterocycles. The average Bonchev–Trinajstić information content (AvgIpc) is 2.90. The molecule has 3 aromatic carbocycles. The zero-order valence-electron chi connectivity index (χ0n) is 21.3. The molecule has 0 radical (unpaired) electrons. The van der Waals surface area contributed by atoms with Crippen molar-refractivity contribution in [2.24, 2.45) is 5.92 Å². The molecule has 0 aliphatic rings. The lowest BCUT2D eigenvalue weighted by Gasteiger charge is -2.23. The molecule has 37 heavy (non-hydrogen) atoms. The van der Waals surface area contributed by atoms with Crippen LogP contribution in [0.2, 0.25) is 0 Å². The molecule has 6 nitrogen and oxygen atoms in total. The molecule has 0 aliphatic carbocycles. The van der Waals surface area contributed by atoms with E-state index in [0.717, 1.165) is 28.7 Å². The molecule has 0 bridgehead atoms. The van der Waals surface area contributed by atoms with Gasteiger partial charge in [-0.1, -0.05) is 105 Å². The van der Waals surface area contributed by atoms with Gasteiger partial charge >= 0.3 is 5.97 Å². The molecule has 7 heteroatoms. The van der Waals surface area contributed by atoms with Crippen LogP contribution in [0.15, 0.2) is 84.9 Å². The number of hydrogen-bond donors (Lipinski definition) is 3. The summed E-state index contributed by atoms with van der Waals surface area (Å²) in [6.45, 7) is 1.96. The summed E-state index contributed by atoms with van der Waals surface area (Å²) in [6.07, 6.45) is 2.33. The molecular weight excluding hydrogens is 485 g/mol. The van der Waals surface area contributed by atoms with E-state index in [2.05, 4.69) is 5.32 Å². The number of nitrogens with one attached hydrogen (secondary N) is 1. The second-order valence-corrected chi connectivity index (χ2v) is 12.0. The van der Waals surface area contributed by atoms with Crippen LogP contribution >= 0.6 is 7.37 Å². The topological polar surface area (TPSA) is 104 Å². The fourth-order valence-corrected chi connectivity index (χ4v) is 6.10. The maximum absolute atomic E-state index is 13.3. The second-order valence-electron chi connectivity index (χ2n) is 9.49. The molecule has 0 saturated heterocycles. The smallest absolute Gasteiger partial charge is 0.326 e. The molecule has 1 unspecified atom stereocenters. The van der Waals surface area contributed by atoms with Gasteiger partial charge in [-0.15, -0.1) is 0 Å². The van der Waals surface area contributed by atoms with Crippen LogP contribution in [0.1, 0.15) is 37.3 Å². The number of carboxylic acid groups (broad SMARTS) is 1. The van der Waals surface area contributed by atoms with Crippen LogP contribution < -0.4 is 5.32 Å². The van der Waals surface area contributed by atoms with Crippen LogP contribution in [-0.2, 0) is 27.0 Å². The Hall–Kier alpha value is -3.21. The number of rotatable bonds is 14. The highest BCUT2D eigenvalue weighted by Gasteiger charge is 2.31. The van der Waals surface area contributed by atoms with Gasteiger partial charge in [0, 0.05) is 12.3 Å². The van der Waals surface area contributed by atoms with E-state index >= 15 is 0 Å². The van der Waals surface area contributed by atoms with Crippen LogP contribution in [0.3, 0.4) is 0 Å². The highest BCUT2D eigenvalue weighted by Crippen LogP contribution is 2.43. The molecule has 0 aliphatic heterocycles. The predicted molar refractivity (Wildman–Crippen MR) is 148 cm³/mol. The lowest BCUT2D eigenvalue weighted by atomic mass is 9.97. The van der Waals surface area contributed by atoms with Crippen molar-refractivity contribution in [2.75, 3.05) is 12.3 Å². The number of carbonyl (C=O) groups excluding carboxylic acids is 1. The monoisotopic (exact) mass is 521 g/mol. The average molecular weight is 522 g/mol. The number of hydrogen-bond acceptors (Lipinski definition) is 3. The fourth-order valence-electron chi connectivity index (χ4n) is 4.33. The summed E-state index contributed by atoms with van der Waals surface area (Å²) in [6, 6.07) is 26.1. The number of amides is 1. The van der Waals surface area contributed by atoms with Gasteiger partial charge in [0.05, 0.1) is 5.92 Å². The van der Waals surface area contributed by atoms with Crippen molar-refractivity contribution in [1.82, 2.24) is 5.32 Å². The molecule has 3 rings (SSSR count). The van der Waals surface area contributed by atoms with Crippen molar-refractivity contribution in [3.63, 3.8) is 0 Å². The van der Waals surface area contributed by atoms with Gasteiger partial charge < -0.3 is 15.3 Å². The van der Waals surface area contributed by atoms with Gasteiger partial charge in [0.15, 0.2) is 0 Å². The zero-order chi connectivity index (χ0) is 26.7. The molecule has 0 aromatic heterocycles. The van der Waals surface area contributed by atoms with Gasteiger partial charge in [-0.2, -0.15) is 0 Å². The lowest BCUT2D eigenvalue weighted by molar-refractivity contribution is -0.142. The Labute approximate surface area is 219 Å². The number of carbonyl (C=O) groups is 2. The van der Waals surface area contributed by atoms with Crippen molar-refractivity contribution in [1.29, 1.82) is 0 Å². The normalized spacial score (nSPS) is 14.3. The van der Waals surface area contributed by atoms with Crippen molar-refractivity contribution < 1.29 is 24.2 Å². The Morgan fingerprint density at radius 2 is 1.46 bits per heavy atom. The summed E-state index contributed by atoms with van der Waals surface area (Å²) >= 11 is 0. The van der Waals surface area contributed by atoms with Crippen LogP contribution in [0.25, 0.3) is 11.1 Å². The van der Waals surface area contributed by atoms with Crippen LogP contribution in [0.5, 0.6) is 0 Å². The largest absolute Gasteiger partial charge is 0.480 e. The van der Waals surface area contributed by atoms with Gasteiger partial charge in [-0.3, -0.25) is 9.36 Å². The van der Waals surface area contributed by atoms with E-state index in [1.54, 1.807) is 0 Å². The number of benzene rings is 3. The first-order valence-corrected chi connectivity index (χ1v) is 14.8. The van der Waals surface area contributed by atoms with Gasteiger partial charge in [0.25, 0.3) is 0 Å². The molecule has 0 fully saturated rings. The van der Waals surface area contributed by atoms with Gasteiger partial charge in [-0.25, -0.2) is 4.79 Å². The number of unbranched alkanes of at least 4 members (excludes halogenated alkanes) is 1. The third kappa shape index (κ3) is 9.31. The summed E-state index contributed by atoms with van der Waals surface area (Å²) in [5.41, 5.74) is 3.92. The van der Waals surface area contributed by atoms with Crippen molar-refractivity contribution in [3.8, 4) is 11.1 Å². The van der Waals surface area contributed by atoms with E-state index in [-0.39, 0.29) is 18.7 Å². The molecule has 3 aromatic rings. The molecule has 0 saturated carbocycles. The van der Waals surface area contributed by atoms with Gasteiger partial charge in [0.1, 0.15) is 6.04 Å². The minimum atomic E-state index is -3.66. The predicted octanol–water partition coefficient (Wildman–Crippen LogP) is 5.79. The molecular formula is C30H36NO5P. The highest BCUT2D eigenvalue weighted by molar-refractivity contribution is 7.58. The third-order valence-electron chi connectivity index (χ3n) is 6.47. The lowest BCUT2D eigenvalue weighted by Crippen LogP contribution is -2.45. The minimum absolute atomic E-state index is 0.0614. The van der Waals surface area contributed by atoms with Crippen molar-refractivity contribution >= 4 is 19.2 Å². The quantitative estimate of drug-likeness (QED) is 0.233. The summed E-state index contributed by atoms with van der Waals surface area (Å²) in [7, 11) is -3.66. The minimum Gasteiger partial charge on any atom is -0.480 e. The van der Waals surface area contributed by atoms with E-state index in [1.165, 1.54) is 0 Å². The number of aryl methyl sites for hydroxylation is 1. The molecule has 196 valence electrons. The van der Waals surface area contributed by atoms with Gasteiger partial charge in [-0.05, 0) is 41.5 Å². The van der Waals surface area contributed by atoms with E-state index in [4.69, 9.17) is 0 Å². The second kappa shape index (κ2) is 13.9. The van der Waals surface area contributed by atoms with E-state index in [1.807, 2.05) is 91.9 Å². The Bertz CT molecular complexity index is 1180. The summed E-state index contributed by atoms with van der Waals surface area (Å²) in [4.78, 5) is 35.8. The SMILES string of the molecule is CCCC[C@H](NC(=O)[C@H](Cc1ccc(-c2ccccc2)cc1)CP(=O)(O)CCc1ccccc1)C(=O)O. The van der Waals surface area contributed by atoms with E-state index < -0.39 is 31.2 Å². The molecule has 1 amide bonds. The van der Waals surface area contributed by atoms with Crippen molar-refractivity contribution in [3.05, 3.63) is 96.1 Å². The number of carboxylic acids is 1. The fraction of sp³-hybridized carbons (Fsp3) is 0.333. The highest BCUT2D eigenvalue weighted by atomic mass is 31.2. The summed E-state index contributed by atoms with van der Waals surface area (Å²) in [5.74, 6) is -2.41. The first kappa shape index (κ1) is 28.4. The van der Waals surface area contributed by atoms with E-state index in [0.29, 0.717) is 19.3 Å². The first-order chi connectivity index (χ1) is 17.8. The standard InChI is InChI=1S/C30H36NO5P/c1-2-3-14-28(30(33)34)31-29(32)27(22-37(35,36)20-19-23-10-6-4-7-11-23)21-24-15-17-26(18-16-24)25-12-8-5-9-13-25/h4-13,15-18,27-28H,2-3,14,19-22H2,1H3,(H,31,32)(H,33,34)(H,35,36)/t27-,28+/m1/s1. The maximum atomic E-state index is 13.3. The van der Waals surface area contributed by atoms with Crippen LogP contribution in [0, 0.1) is 5.92 Å². The summed E-state index contributed by atoms with van der Waals surface area (Å²) in [5, 5.41) is 12.2. The third-order valence-corrected chi connectivity index (χ3v) is 8.41. The Morgan fingerprint density at radius 3 is 2.05 bits per heavy atom. The maximum Gasteiger partial charge on any atom is 0.326 e. The number of aliphatic carboxylic acids is 1. The first-order valence-electron chi connectivity index (χ1n) is 12.8. The van der Waals surface area contributed by atoms with Gasteiger partial charge in [0.2, 0.25) is 13.3 Å². The molecule has 0 spiro atoms. The van der Waals surface area contributed by atoms with E-state index in [9.17, 15) is 24.2 Å².